The van der Waals surface area contributed by atoms with Crippen LogP contribution in [0.3, 0.4) is 0 Å². The predicted molar refractivity (Wildman–Crippen MR) is 82.1 cm³/mol. The monoisotopic (exact) mass is 306 g/mol. The molecule has 0 radical (unpaired) electrons. The fraction of sp³-hybridized carbons (Fsp3) is 0.562. The smallest absolute Gasteiger partial charge is 0.211 e. The highest BCUT2D eigenvalue weighted by atomic mass is 32.2. The van der Waals surface area contributed by atoms with Gasteiger partial charge in [0.2, 0.25) is 10.0 Å². The van der Waals surface area contributed by atoms with Crippen molar-refractivity contribution in [3.8, 4) is 6.07 Å². The molecule has 1 aromatic rings. The van der Waals surface area contributed by atoms with Gasteiger partial charge in [0.15, 0.2) is 0 Å². The van der Waals surface area contributed by atoms with Crippen molar-refractivity contribution >= 4 is 10.0 Å². The minimum Gasteiger partial charge on any atom is -0.211 e. The zero-order valence-corrected chi connectivity index (χ0v) is 13.2. The summed E-state index contributed by atoms with van der Waals surface area (Å²) in [4.78, 5) is 0.221. The molecule has 1 aliphatic rings. The lowest BCUT2D eigenvalue weighted by Gasteiger charge is -2.26. The Labute approximate surface area is 127 Å². The third-order valence-electron chi connectivity index (χ3n) is 4.18. The SMILES string of the molecule is CC1CCCC(CCNS(=O)(=O)c2ccc(C#N)cc2)C1. The summed E-state index contributed by atoms with van der Waals surface area (Å²) in [5.41, 5.74) is 0.463. The molecular formula is C16H22N2O2S. The van der Waals surface area contributed by atoms with E-state index >= 15 is 0 Å². The van der Waals surface area contributed by atoms with Gasteiger partial charge in [-0.3, -0.25) is 0 Å². The van der Waals surface area contributed by atoms with E-state index in [1.54, 1.807) is 0 Å². The van der Waals surface area contributed by atoms with E-state index in [0.717, 1.165) is 12.3 Å². The number of nitriles is 1. The molecule has 4 nitrogen and oxygen atoms in total. The van der Waals surface area contributed by atoms with E-state index in [9.17, 15) is 8.42 Å². The van der Waals surface area contributed by atoms with Gasteiger partial charge in [-0.15, -0.1) is 0 Å². The molecule has 0 spiro atoms. The van der Waals surface area contributed by atoms with Crippen LogP contribution in [0.2, 0.25) is 0 Å². The molecule has 2 unspecified atom stereocenters. The van der Waals surface area contributed by atoms with Crippen molar-refractivity contribution < 1.29 is 8.42 Å². The van der Waals surface area contributed by atoms with Gasteiger partial charge in [0, 0.05) is 6.54 Å². The highest BCUT2D eigenvalue weighted by Crippen LogP contribution is 2.30. The van der Waals surface area contributed by atoms with Crippen molar-refractivity contribution in [2.24, 2.45) is 11.8 Å². The Hall–Kier alpha value is -1.38. The molecule has 2 atom stereocenters. The van der Waals surface area contributed by atoms with Gasteiger partial charge in [-0.1, -0.05) is 26.2 Å². The molecule has 2 rings (SSSR count). The molecule has 5 heteroatoms. The van der Waals surface area contributed by atoms with Crippen LogP contribution in [0.5, 0.6) is 0 Å². The van der Waals surface area contributed by atoms with E-state index in [1.165, 1.54) is 49.9 Å². The summed E-state index contributed by atoms with van der Waals surface area (Å²) >= 11 is 0. The third-order valence-corrected chi connectivity index (χ3v) is 5.66. The maximum absolute atomic E-state index is 12.1. The molecule has 0 aliphatic heterocycles. The van der Waals surface area contributed by atoms with Gasteiger partial charge in [-0.2, -0.15) is 5.26 Å². The normalized spacial score (nSPS) is 22.7. The lowest BCUT2D eigenvalue weighted by atomic mass is 9.81. The van der Waals surface area contributed by atoms with E-state index in [-0.39, 0.29) is 4.90 Å². The van der Waals surface area contributed by atoms with E-state index in [0.29, 0.717) is 18.0 Å². The highest BCUT2D eigenvalue weighted by molar-refractivity contribution is 7.89. The molecular weight excluding hydrogens is 284 g/mol. The van der Waals surface area contributed by atoms with E-state index in [4.69, 9.17) is 5.26 Å². The minimum absolute atomic E-state index is 0.221. The van der Waals surface area contributed by atoms with Gasteiger partial charge < -0.3 is 0 Å². The summed E-state index contributed by atoms with van der Waals surface area (Å²) in [6.07, 6.45) is 5.88. The Balaban J connectivity index is 1.87. The second-order valence-corrected chi connectivity index (χ2v) is 7.73. The Morgan fingerprint density at radius 1 is 1.29 bits per heavy atom. The molecule has 1 fully saturated rings. The minimum atomic E-state index is -3.46. The summed E-state index contributed by atoms with van der Waals surface area (Å²) in [5.74, 6) is 1.40. The molecule has 1 aliphatic carbocycles. The summed E-state index contributed by atoms with van der Waals surface area (Å²) in [6, 6.07) is 7.98. The van der Waals surface area contributed by atoms with Crippen LogP contribution in [-0.2, 0) is 10.0 Å². The summed E-state index contributed by atoms with van der Waals surface area (Å²) < 4.78 is 27.0. The van der Waals surface area contributed by atoms with Crippen LogP contribution in [0.1, 0.15) is 44.6 Å². The molecule has 114 valence electrons. The number of rotatable bonds is 5. The molecule has 0 aromatic heterocycles. The van der Waals surface area contributed by atoms with Crippen molar-refractivity contribution in [2.45, 2.75) is 43.9 Å². The Morgan fingerprint density at radius 2 is 2.00 bits per heavy atom. The van der Waals surface area contributed by atoms with Crippen LogP contribution in [0, 0.1) is 23.2 Å². The highest BCUT2D eigenvalue weighted by Gasteiger charge is 2.20. The summed E-state index contributed by atoms with van der Waals surface area (Å²) in [5, 5.41) is 8.72. The molecule has 0 saturated heterocycles. The van der Waals surface area contributed by atoms with Crippen molar-refractivity contribution in [3.63, 3.8) is 0 Å². The van der Waals surface area contributed by atoms with Gasteiger partial charge >= 0.3 is 0 Å². The predicted octanol–water partition coefficient (Wildman–Crippen LogP) is 3.05. The van der Waals surface area contributed by atoms with Crippen LogP contribution >= 0.6 is 0 Å². The second-order valence-electron chi connectivity index (χ2n) is 5.96. The summed E-state index contributed by atoms with van der Waals surface area (Å²) in [6.45, 7) is 2.76. The number of nitrogens with one attached hydrogen (secondary N) is 1. The van der Waals surface area contributed by atoms with Gasteiger partial charge in [0.25, 0.3) is 0 Å². The van der Waals surface area contributed by atoms with Crippen LogP contribution in [0.15, 0.2) is 29.2 Å². The fourth-order valence-electron chi connectivity index (χ4n) is 3.01. The van der Waals surface area contributed by atoms with Crippen molar-refractivity contribution in [3.05, 3.63) is 29.8 Å². The zero-order chi connectivity index (χ0) is 15.3. The van der Waals surface area contributed by atoms with Gasteiger partial charge in [0.05, 0.1) is 16.5 Å². The van der Waals surface area contributed by atoms with E-state index in [2.05, 4.69) is 11.6 Å². The fourth-order valence-corrected chi connectivity index (χ4v) is 4.06. The molecule has 21 heavy (non-hydrogen) atoms. The lowest BCUT2D eigenvalue weighted by Crippen LogP contribution is -2.27. The topological polar surface area (TPSA) is 70.0 Å². The summed E-state index contributed by atoms with van der Waals surface area (Å²) in [7, 11) is -3.46. The first-order valence-corrected chi connectivity index (χ1v) is 8.99. The van der Waals surface area contributed by atoms with Gasteiger partial charge in [-0.25, -0.2) is 13.1 Å². The molecule has 1 saturated carbocycles. The lowest BCUT2D eigenvalue weighted by molar-refractivity contribution is 0.271. The van der Waals surface area contributed by atoms with Gasteiger partial charge in [0.1, 0.15) is 0 Å². The quantitative estimate of drug-likeness (QED) is 0.909. The number of hydrogen-bond acceptors (Lipinski definition) is 3. The maximum Gasteiger partial charge on any atom is 0.240 e. The van der Waals surface area contributed by atoms with E-state index in [1.807, 2.05) is 6.07 Å². The van der Waals surface area contributed by atoms with Crippen molar-refractivity contribution in [1.29, 1.82) is 5.26 Å². The van der Waals surface area contributed by atoms with Crippen molar-refractivity contribution in [1.82, 2.24) is 4.72 Å². The molecule has 1 N–H and O–H groups in total. The molecule has 0 heterocycles. The maximum atomic E-state index is 12.1. The number of nitrogens with zero attached hydrogens (tertiary/aromatic N) is 1. The Kier molecular flexibility index (Phi) is 5.38. The van der Waals surface area contributed by atoms with E-state index < -0.39 is 10.0 Å². The Morgan fingerprint density at radius 3 is 2.62 bits per heavy atom. The van der Waals surface area contributed by atoms with Crippen LogP contribution < -0.4 is 4.72 Å². The van der Waals surface area contributed by atoms with Crippen LogP contribution in [-0.4, -0.2) is 15.0 Å². The first kappa shape index (κ1) is 16.0. The molecule has 0 amide bonds. The molecule has 1 aromatic carbocycles. The first-order valence-electron chi connectivity index (χ1n) is 7.51. The Bertz CT molecular complexity index is 602. The second kappa shape index (κ2) is 7.06. The number of sulfonamides is 1. The van der Waals surface area contributed by atoms with Gasteiger partial charge in [-0.05, 0) is 48.9 Å². The molecule has 0 bridgehead atoms. The zero-order valence-electron chi connectivity index (χ0n) is 12.4. The average Bonchev–Trinajstić information content (AvgIpc) is 2.47. The standard InChI is InChI=1S/C16H22N2O2S/c1-13-3-2-4-14(11-13)9-10-18-21(19,20)16-7-5-15(12-17)6-8-16/h5-8,13-14,18H,2-4,9-11H2,1H3. The number of benzene rings is 1. The van der Waals surface area contributed by atoms with Crippen LogP contribution in [0.25, 0.3) is 0 Å². The largest absolute Gasteiger partial charge is 0.240 e. The average molecular weight is 306 g/mol. The number of hydrogen-bond donors (Lipinski definition) is 1. The first-order chi connectivity index (χ1) is 10.0. The van der Waals surface area contributed by atoms with Crippen molar-refractivity contribution in [2.75, 3.05) is 6.54 Å². The van der Waals surface area contributed by atoms with Crippen LogP contribution in [0.4, 0.5) is 0 Å². The third kappa shape index (κ3) is 4.55.